The summed E-state index contributed by atoms with van der Waals surface area (Å²) in [5.74, 6) is 0.309. The lowest BCUT2D eigenvalue weighted by Crippen LogP contribution is -2.36. The molecular weight excluding hydrogens is 264 g/mol. The molecule has 0 amide bonds. The maximum atomic E-state index is 11.3. The van der Waals surface area contributed by atoms with Crippen LogP contribution >= 0.6 is 11.6 Å². The molecule has 0 aromatic carbocycles. The number of nitrogens with zero attached hydrogens (tertiary/aromatic N) is 2. The normalized spacial score (nSPS) is 26.3. The number of aromatic carboxylic acids is 1. The summed E-state index contributed by atoms with van der Waals surface area (Å²) in [6, 6.07) is 3.55. The molecule has 1 saturated carbocycles. The SMILES string of the molecule is O=C(O)c1ccc(Cl)nc1N1CCC2CCCCC21. The molecule has 102 valence electrons. The van der Waals surface area contributed by atoms with E-state index in [1.54, 1.807) is 12.1 Å². The smallest absolute Gasteiger partial charge is 0.339 e. The Labute approximate surface area is 117 Å². The first-order chi connectivity index (χ1) is 9.16. The summed E-state index contributed by atoms with van der Waals surface area (Å²) < 4.78 is 0. The molecule has 2 heterocycles. The lowest BCUT2D eigenvalue weighted by molar-refractivity contribution is 0.0697. The van der Waals surface area contributed by atoms with Gasteiger partial charge >= 0.3 is 5.97 Å². The zero-order valence-electron chi connectivity index (χ0n) is 10.7. The number of fused-ring (bicyclic) bond motifs is 1. The Bertz CT molecular complexity index is 506. The molecule has 1 aliphatic heterocycles. The van der Waals surface area contributed by atoms with E-state index in [0.29, 0.717) is 22.9 Å². The molecule has 0 radical (unpaired) electrons. The maximum Gasteiger partial charge on any atom is 0.339 e. The van der Waals surface area contributed by atoms with Crippen LogP contribution in [0.1, 0.15) is 42.5 Å². The summed E-state index contributed by atoms with van der Waals surface area (Å²) >= 11 is 5.94. The van der Waals surface area contributed by atoms with Crippen molar-refractivity contribution in [3.05, 3.63) is 22.8 Å². The lowest BCUT2D eigenvalue weighted by atomic mass is 9.85. The minimum atomic E-state index is -0.932. The van der Waals surface area contributed by atoms with E-state index in [9.17, 15) is 9.90 Å². The van der Waals surface area contributed by atoms with Crippen LogP contribution < -0.4 is 4.90 Å². The summed E-state index contributed by atoms with van der Waals surface area (Å²) in [6.07, 6.45) is 6.05. The molecule has 2 atom stereocenters. The van der Waals surface area contributed by atoms with Gasteiger partial charge in [0.15, 0.2) is 0 Å². The van der Waals surface area contributed by atoms with Crippen molar-refractivity contribution < 1.29 is 9.90 Å². The van der Waals surface area contributed by atoms with Crippen molar-refractivity contribution in [1.82, 2.24) is 4.98 Å². The van der Waals surface area contributed by atoms with E-state index in [4.69, 9.17) is 11.6 Å². The molecule has 1 aromatic rings. The van der Waals surface area contributed by atoms with Gasteiger partial charge in [0.05, 0.1) is 0 Å². The number of carboxylic acids is 1. The first-order valence-corrected chi connectivity index (χ1v) is 7.21. The van der Waals surface area contributed by atoms with E-state index in [2.05, 4.69) is 9.88 Å². The van der Waals surface area contributed by atoms with Crippen LogP contribution in [0.4, 0.5) is 5.82 Å². The van der Waals surface area contributed by atoms with Crippen molar-refractivity contribution >= 4 is 23.4 Å². The van der Waals surface area contributed by atoms with E-state index < -0.39 is 5.97 Å². The molecule has 0 bridgehead atoms. The van der Waals surface area contributed by atoms with Gasteiger partial charge in [-0.2, -0.15) is 0 Å². The largest absolute Gasteiger partial charge is 0.478 e. The second kappa shape index (κ2) is 5.00. The second-order valence-corrected chi connectivity index (χ2v) is 5.79. The molecular formula is C14H17ClN2O2. The van der Waals surface area contributed by atoms with Crippen LogP contribution in [0.3, 0.4) is 0 Å². The highest BCUT2D eigenvalue weighted by Crippen LogP contribution is 2.39. The standard InChI is InChI=1S/C14H17ClN2O2/c15-12-6-5-10(14(18)19)13(16-12)17-8-7-9-3-1-2-4-11(9)17/h5-6,9,11H,1-4,7-8H2,(H,18,19). The lowest BCUT2D eigenvalue weighted by Gasteiger charge is -2.33. The number of rotatable bonds is 2. The third kappa shape index (κ3) is 2.29. The van der Waals surface area contributed by atoms with Gasteiger partial charge in [-0.1, -0.05) is 24.4 Å². The van der Waals surface area contributed by atoms with Crippen molar-refractivity contribution in [1.29, 1.82) is 0 Å². The van der Waals surface area contributed by atoms with Crippen molar-refractivity contribution in [2.24, 2.45) is 5.92 Å². The molecule has 5 heteroatoms. The number of aromatic nitrogens is 1. The van der Waals surface area contributed by atoms with Crippen molar-refractivity contribution in [2.75, 3.05) is 11.4 Å². The summed E-state index contributed by atoms with van der Waals surface area (Å²) in [7, 11) is 0. The molecule has 1 aromatic heterocycles. The number of hydrogen-bond acceptors (Lipinski definition) is 3. The summed E-state index contributed by atoms with van der Waals surface area (Å²) in [4.78, 5) is 17.8. The minimum Gasteiger partial charge on any atom is -0.478 e. The van der Waals surface area contributed by atoms with E-state index in [1.807, 2.05) is 0 Å². The average molecular weight is 281 g/mol. The van der Waals surface area contributed by atoms with Crippen LogP contribution in [0.25, 0.3) is 0 Å². The first-order valence-electron chi connectivity index (χ1n) is 6.83. The van der Waals surface area contributed by atoms with Crippen molar-refractivity contribution in [3.8, 4) is 0 Å². The molecule has 1 aliphatic carbocycles. The molecule has 19 heavy (non-hydrogen) atoms. The van der Waals surface area contributed by atoms with Crippen LogP contribution in [0.5, 0.6) is 0 Å². The zero-order valence-corrected chi connectivity index (χ0v) is 11.4. The third-order valence-corrected chi connectivity index (χ3v) is 4.56. The first kappa shape index (κ1) is 12.7. The molecule has 1 N–H and O–H groups in total. The van der Waals surface area contributed by atoms with E-state index in [1.165, 1.54) is 19.3 Å². The molecule has 0 spiro atoms. The number of pyridine rings is 1. The Kier molecular flexibility index (Phi) is 3.35. The van der Waals surface area contributed by atoms with Gasteiger partial charge in [-0.05, 0) is 37.3 Å². The van der Waals surface area contributed by atoms with Crippen LogP contribution in [-0.4, -0.2) is 28.6 Å². The average Bonchev–Trinajstić information content (AvgIpc) is 2.82. The fourth-order valence-corrected chi connectivity index (χ4v) is 3.62. The van der Waals surface area contributed by atoms with Gasteiger partial charge in [-0.25, -0.2) is 9.78 Å². The number of carbonyl (C=O) groups is 1. The van der Waals surface area contributed by atoms with Gasteiger partial charge in [-0.3, -0.25) is 0 Å². The molecule has 2 unspecified atom stereocenters. The second-order valence-electron chi connectivity index (χ2n) is 5.40. The predicted octanol–water partition coefficient (Wildman–Crippen LogP) is 3.20. The molecule has 3 rings (SSSR count). The van der Waals surface area contributed by atoms with Gasteiger partial charge in [0.25, 0.3) is 0 Å². The Hall–Kier alpha value is -1.29. The molecule has 4 nitrogen and oxygen atoms in total. The number of hydrogen-bond donors (Lipinski definition) is 1. The Morgan fingerprint density at radius 1 is 1.32 bits per heavy atom. The maximum absolute atomic E-state index is 11.3. The van der Waals surface area contributed by atoms with E-state index in [-0.39, 0.29) is 5.56 Å². The highest BCUT2D eigenvalue weighted by molar-refractivity contribution is 6.29. The highest BCUT2D eigenvalue weighted by atomic mass is 35.5. The Morgan fingerprint density at radius 2 is 2.11 bits per heavy atom. The Morgan fingerprint density at radius 3 is 2.89 bits per heavy atom. The van der Waals surface area contributed by atoms with E-state index >= 15 is 0 Å². The number of anilines is 1. The summed E-state index contributed by atoms with van der Waals surface area (Å²) in [5.41, 5.74) is 0.260. The number of carboxylic acid groups (broad SMARTS) is 1. The Balaban J connectivity index is 1.97. The third-order valence-electron chi connectivity index (χ3n) is 4.35. The predicted molar refractivity (Wildman–Crippen MR) is 73.9 cm³/mol. The van der Waals surface area contributed by atoms with Gasteiger partial charge in [0, 0.05) is 12.6 Å². The van der Waals surface area contributed by atoms with Gasteiger partial charge in [0.1, 0.15) is 16.5 Å². The van der Waals surface area contributed by atoms with Crippen molar-refractivity contribution in [2.45, 2.75) is 38.1 Å². The quantitative estimate of drug-likeness (QED) is 0.845. The number of halogens is 1. The van der Waals surface area contributed by atoms with Gasteiger partial charge < -0.3 is 10.0 Å². The topological polar surface area (TPSA) is 53.4 Å². The van der Waals surface area contributed by atoms with Crippen LogP contribution in [-0.2, 0) is 0 Å². The van der Waals surface area contributed by atoms with Crippen LogP contribution in [0, 0.1) is 5.92 Å². The van der Waals surface area contributed by atoms with Crippen LogP contribution in [0.2, 0.25) is 5.15 Å². The van der Waals surface area contributed by atoms with E-state index in [0.717, 1.165) is 19.4 Å². The minimum absolute atomic E-state index is 0.260. The summed E-state index contributed by atoms with van der Waals surface area (Å²) in [5, 5.41) is 9.66. The fourth-order valence-electron chi connectivity index (χ4n) is 3.48. The monoisotopic (exact) mass is 280 g/mol. The zero-order chi connectivity index (χ0) is 13.4. The van der Waals surface area contributed by atoms with Gasteiger partial charge in [-0.15, -0.1) is 0 Å². The fraction of sp³-hybridized carbons (Fsp3) is 0.571. The summed E-state index contributed by atoms with van der Waals surface area (Å²) in [6.45, 7) is 0.892. The highest BCUT2D eigenvalue weighted by Gasteiger charge is 2.37. The van der Waals surface area contributed by atoms with Crippen LogP contribution in [0.15, 0.2) is 12.1 Å². The van der Waals surface area contributed by atoms with Gasteiger partial charge in [0.2, 0.25) is 0 Å². The van der Waals surface area contributed by atoms with Crippen molar-refractivity contribution in [3.63, 3.8) is 0 Å². The molecule has 1 saturated heterocycles. The molecule has 2 aliphatic rings. The molecule has 2 fully saturated rings.